The number of amides is 1. The topological polar surface area (TPSA) is 87.7 Å². The van der Waals surface area contributed by atoms with Gasteiger partial charge >= 0.3 is 0 Å². The minimum atomic E-state index is -3.68. The van der Waals surface area contributed by atoms with Gasteiger partial charge in [-0.15, -0.1) is 0 Å². The predicted molar refractivity (Wildman–Crippen MR) is 124 cm³/mol. The normalized spacial score (nSPS) is 13.9. The van der Waals surface area contributed by atoms with E-state index in [1.807, 2.05) is 51.1 Å². The number of nitrogens with one attached hydrogen (secondary N) is 2. The zero-order valence-corrected chi connectivity index (χ0v) is 19.4. The van der Waals surface area contributed by atoms with Crippen molar-refractivity contribution in [2.24, 2.45) is 0 Å². The van der Waals surface area contributed by atoms with E-state index in [1.54, 1.807) is 24.0 Å². The van der Waals surface area contributed by atoms with Crippen LogP contribution in [0.3, 0.4) is 0 Å². The monoisotopic (exact) mass is 445 g/mol. The number of fused-ring (bicyclic) bond motifs is 2. The van der Waals surface area contributed by atoms with Crippen molar-refractivity contribution in [2.45, 2.75) is 52.6 Å². The van der Waals surface area contributed by atoms with E-state index in [1.165, 1.54) is 0 Å². The lowest BCUT2D eigenvalue weighted by Gasteiger charge is -2.28. The lowest BCUT2D eigenvalue weighted by Crippen LogP contribution is -2.35. The largest absolute Gasteiger partial charge is 0.366 e. The summed E-state index contributed by atoms with van der Waals surface area (Å²) in [5.74, 6) is -0.191. The van der Waals surface area contributed by atoms with E-state index in [0.29, 0.717) is 11.4 Å². The molecule has 2 N–H and O–H groups in total. The van der Waals surface area contributed by atoms with Gasteiger partial charge in [-0.25, -0.2) is 0 Å². The van der Waals surface area contributed by atoms with Gasteiger partial charge in [0.2, 0.25) is 0 Å². The van der Waals surface area contributed by atoms with Gasteiger partial charge in [0.05, 0.1) is 22.7 Å². The van der Waals surface area contributed by atoms with Crippen molar-refractivity contribution >= 4 is 33.2 Å². The SMILES string of the molecule is CCNS(=O)(=O)Nc1ccc2c(c1)N(C(=O)COC(C)(C)CC)c1ccccc1CC2. The van der Waals surface area contributed by atoms with Crippen molar-refractivity contribution in [3.63, 3.8) is 0 Å². The molecule has 8 heteroatoms. The molecule has 0 saturated carbocycles. The number of para-hydroxylation sites is 1. The molecule has 0 fully saturated rings. The van der Waals surface area contributed by atoms with Crippen molar-refractivity contribution in [3.05, 3.63) is 53.6 Å². The molecule has 7 nitrogen and oxygen atoms in total. The molecule has 0 bridgehead atoms. The molecule has 0 aromatic heterocycles. The van der Waals surface area contributed by atoms with Gasteiger partial charge < -0.3 is 4.74 Å². The molecule has 0 spiro atoms. The number of nitrogens with zero attached hydrogens (tertiary/aromatic N) is 1. The summed E-state index contributed by atoms with van der Waals surface area (Å²) in [5, 5.41) is 0. The van der Waals surface area contributed by atoms with Crippen LogP contribution >= 0.6 is 0 Å². The van der Waals surface area contributed by atoms with E-state index in [9.17, 15) is 13.2 Å². The highest BCUT2D eigenvalue weighted by molar-refractivity contribution is 7.90. The van der Waals surface area contributed by atoms with Crippen LogP contribution in [0.15, 0.2) is 42.5 Å². The third-order valence-electron chi connectivity index (χ3n) is 5.50. The van der Waals surface area contributed by atoms with Crippen molar-refractivity contribution in [1.82, 2.24) is 4.72 Å². The Morgan fingerprint density at radius 1 is 1.06 bits per heavy atom. The Balaban J connectivity index is 2.02. The molecule has 0 saturated heterocycles. The second-order valence-corrected chi connectivity index (χ2v) is 9.71. The Morgan fingerprint density at radius 3 is 2.42 bits per heavy atom. The van der Waals surface area contributed by atoms with Gasteiger partial charge in [-0.3, -0.25) is 14.4 Å². The van der Waals surface area contributed by atoms with Crippen LogP contribution in [-0.4, -0.2) is 33.1 Å². The van der Waals surface area contributed by atoms with Crippen LogP contribution in [0.4, 0.5) is 17.1 Å². The Kier molecular flexibility index (Phi) is 7.03. The van der Waals surface area contributed by atoms with E-state index in [2.05, 4.69) is 9.44 Å². The van der Waals surface area contributed by atoms with Gasteiger partial charge in [-0.2, -0.15) is 13.1 Å². The number of rotatable bonds is 8. The molecule has 1 amide bonds. The first kappa shape index (κ1) is 23.2. The van der Waals surface area contributed by atoms with Gasteiger partial charge in [-0.1, -0.05) is 38.1 Å². The number of carbonyl (C=O) groups is 1. The van der Waals surface area contributed by atoms with Crippen LogP contribution in [-0.2, 0) is 32.6 Å². The van der Waals surface area contributed by atoms with Gasteiger partial charge in [0.25, 0.3) is 16.1 Å². The Morgan fingerprint density at radius 2 is 1.74 bits per heavy atom. The van der Waals surface area contributed by atoms with Crippen LogP contribution in [0, 0.1) is 0 Å². The number of ether oxygens (including phenoxy) is 1. The first-order valence-corrected chi connectivity index (χ1v) is 12.1. The molecular weight excluding hydrogens is 414 g/mol. The van der Waals surface area contributed by atoms with E-state index in [0.717, 1.165) is 36.1 Å². The molecule has 0 atom stereocenters. The average Bonchev–Trinajstić information content (AvgIpc) is 2.88. The minimum absolute atomic E-state index is 0.0675. The first-order chi connectivity index (χ1) is 14.7. The molecule has 3 rings (SSSR count). The summed E-state index contributed by atoms with van der Waals surface area (Å²) in [7, 11) is -3.68. The maximum atomic E-state index is 13.4. The van der Waals surface area contributed by atoms with E-state index >= 15 is 0 Å². The molecule has 0 unspecified atom stereocenters. The van der Waals surface area contributed by atoms with Gasteiger partial charge in [-0.05, 0) is 62.4 Å². The summed E-state index contributed by atoms with van der Waals surface area (Å²) in [5.41, 5.74) is 3.50. The van der Waals surface area contributed by atoms with Crippen LogP contribution < -0.4 is 14.3 Å². The molecule has 2 aromatic carbocycles. The van der Waals surface area contributed by atoms with Crippen LogP contribution in [0.25, 0.3) is 0 Å². The number of carbonyl (C=O) groups excluding carboxylic acids is 1. The Hall–Kier alpha value is -2.42. The molecule has 1 heterocycles. The van der Waals surface area contributed by atoms with Crippen molar-refractivity contribution in [1.29, 1.82) is 0 Å². The summed E-state index contributed by atoms with van der Waals surface area (Å²) in [6.07, 6.45) is 2.32. The molecule has 0 aliphatic carbocycles. The third kappa shape index (κ3) is 5.64. The molecule has 0 radical (unpaired) electrons. The quantitative estimate of drug-likeness (QED) is 0.645. The minimum Gasteiger partial charge on any atom is -0.366 e. The van der Waals surface area contributed by atoms with Crippen molar-refractivity contribution in [3.8, 4) is 0 Å². The van der Waals surface area contributed by atoms with Crippen molar-refractivity contribution in [2.75, 3.05) is 22.8 Å². The maximum absolute atomic E-state index is 13.4. The average molecular weight is 446 g/mol. The summed E-state index contributed by atoms with van der Waals surface area (Å²) >= 11 is 0. The molecule has 1 aliphatic heterocycles. The van der Waals surface area contributed by atoms with E-state index in [-0.39, 0.29) is 19.1 Å². The maximum Gasteiger partial charge on any atom is 0.299 e. The number of aryl methyl sites for hydroxylation is 2. The Bertz CT molecular complexity index is 1050. The van der Waals surface area contributed by atoms with Crippen LogP contribution in [0.1, 0.15) is 45.2 Å². The molecule has 2 aromatic rings. The molecule has 1 aliphatic rings. The predicted octanol–water partition coefficient (Wildman–Crippen LogP) is 3.92. The molecule has 168 valence electrons. The van der Waals surface area contributed by atoms with Crippen LogP contribution in [0.5, 0.6) is 0 Å². The summed E-state index contributed by atoms with van der Waals surface area (Å²) < 4.78 is 35.2. The van der Waals surface area contributed by atoms with E-state index < -0.39 is 15.8 Å². The first-order valence-electron chi connectivity index (χ1n) is 10.6. The standard InChI is InChI=1S/C23H31N3O4S/c1-5-23(3,4)30-16-22(27)26-20-10-8-7-9-17(20)11-12-18-13-14-19(15-21(18)26)25-31(28,29)24-6-2/h7-10,13-15,24-25H,5-6,11-12,16H2,1-4H3. The third-order valence-corrected chi connectivity index (χ3v) is 6.67. The van der Waals surface area contributed by atoms with E-state index in [4.69, 9.17) is 4.74 Å². The highest BCUT2D eigenvalue weighted by Gasteiger charge is 2.28. The number of hydrogen-bond donors (Lipinski definition) is 2. The zero-order valence-electron chi connectivity index (χ0n) is 18.6. The Labute approximate surface area is 185 Å². The lowest BCUT2D eigenvalue weighted by molar-refractivity contribution is -0.128. The lowest BCUT2D eigenvalue weighted by atomic mass is 10.0. The summed E-state index contributed by atoms with van der Waals surface area (Å²) in [6.45, 7) is 7.86. The van der Waals surface area contributed by atoms with Crippen molar-refractivity contribution < 1.29 is 17.9 Å². The highest BCUT2D eigenvalue weighted by Crippen LogP contribution is 2.38. The number of anilines is 3. The van der Waals surface area contributed by atoms with Gasteiger partial charge in [0.15, 0.2) is 0 Å². The fraction of sp³-hybridized carbons (Fsp3) is 0.435. The van der Waals surface area contributed by atoms with Gasteiger partial charge in [0, 0.05) is 6.54 Å². The molecular formula is C23H31N3O4S. The zero-order chi connectivity index (χ0) is 22.6. The van der Waals surface area contributed by atoms with Crippen LogP contribution in [0.2, 0.25) is 0 Å². The fourth-order valence-corrected chi connectivity index (χ4v) is 4.35. The fourth-order valence-electron chi connectivity index (χ4n) is 3.46. The smallest absolute Gasteiger partial charge is 0.299 e. The summed E-state index contributed by atoms with van der Waals surface area (Å²) in [4.78, 5) is 15.0. The number of benzene rings is 2. The summed E-state index contributed by atoms with van der Waals surface area (Å²) in [6, 6.07) is 13.1. The number of hydrogen-bond acceptors (Lipinski definition) is 4. The van der Waals surface area contributed by atoms with Gasteiger partial charge in [0.1, 0.15) is 6.61 Å². The second-order valence-electron chi connectivity index (χ2n) is 8.21. The highest BCUT2D eigenvalue weighted by atomic mass is 32.2. The second kappa shape index (κ2) is 9.38. The molecule has 31 heavy (non-hydrogen) atoms.